The van der Waals surface area contributed by atoms with E-state index in [0.29, 0.717) is 46.4 Å². The van der Waals surface area contributed by atoms with Gasteiger partial charge >= 0.3 is 6.03 Å². The largest absolute Gasteiger partial charge is 0.378 e. The maximum absolute atomic E-state index is 12.8. The van der Waals surface area contributed by atoms with Gasteiger partial charge < -0.3 is 20.3 Å². The van der Waals surface area contributed by atoms with E-state index in [1.54, 1.807) is 42.5 Å². The Balaban J connectivity index is 1.14. The predicted molar refractivity (Wildman–Crippen MR) is 139 cm³/mol. The number of hydrogen-bond donors (Lipinski definition) is 2. The van der Waals surface area contributed by atoms with Crippen LogP contribution in [0.4, 0.5) is 27.0 Å². The minimum absolute atomic E-state index is 0.304. The number of aromatic nitrogens is 1. The fourth-order valence-electron chi connectivity index (χ4n) is 4.32. The first kappa shape index (κ1) is 22.2. The molecule has 9 nitrogen and oxygen atoms in total. The van der Waals surface area contributed by atoms with Crippen LogP contribution in [0.1, 0.15) is 20.7 Å². The first-order valence-electron chi connectivity index (χ1n) is 11.5. The van der Waals surface area contributed by atoms with Gasteiger partial charge in [-0.3, -0.25) is 9.59 Å². The van der Waals surface area contributed by atoms with E-state index in [2.05, 4.69) is 20.5 Å². The summed E-state index contributed by atoms with van der Waals surface area (Å²) in [6, 6.07) is 19.3. The van der Waals surface area contributed by atoms with E-state index in [1.165, 1.54) is 11.3 Å². The third kappa shape index (κ3) is 4.06. The fraction of sp³-hybridized carbons (Fsp3) is 0.154. The number of thiazole rings is 1. The van der Waals surface area contributed by atoms with Crippen LogP contribution in [0.5, 0.6) is 0 Å². The van der Waals surface area contributed by atoms with Crippen LogP contribution in [0.3, 0.4) is 0 Å². The Morgan fingerprint density at radius 3 is 2.19 bits per heavy atom. The maximum Gasteiger partial charge on any atom is 0.323 e. The van der Waals surface area contributed by atoms with Gasteiger partial charge in [-0.25, -0.2) is 14.7 Å². The number of anilines is 4. The SMILES string of the molecule is O=C(Nc1ccc(N2CCOCC2)cc1)Nc1ccc2nc(N3C(=O)c4ccccc4C3=O)sc2c1. The summed E-state index contributed by atoms with van der Waals surface area (Å²) in [5, 5.41) is 5.97. The number of morpholine rings is 1. The van der Waals surface area contributed by atoms with Crippen molar-refractivity contribution in [2.24, 2.45) is 0 Å². The number of benzene rings is 3. The highest BCUT2D eigenvalue weighted by molar-refractivity contribution is 7.22. The third-order valence-electron chi connectivity index (χ3n) is 6.12. The zero-order valence-electron chi connectivity index (χ0n) is 19.1. The van der Waals surface area contributed by atoms with Gasteiger partial charge in [0.05, 0.1) is 34.6 Å². The van der Waals surface area contributed by atoms with Crippen molar-refractivity contribution in [1.82, 2.24) is 4.98 Å². The summed E-state index contributed by atoms with van der Waals surface area (Å²) in [5.74, 6) is -0.765. The van der Waals surface area contributed by atoms with Crippen molar-refractivity contribution in [2.45, 2.75) is 0 Å². The van der Waals surface area contributed by atoms with Gasteiger partial charge in [0, 0.05) is 30.2 Å². The van der Waals surface area contributed by atoms with Gasteiger partial charge in [-0.2, -0.15) is 0 Å². The van der Waals surface area contributed by atoms with E-state index >= 15 is 0 Å². The normalized spacial score (nSPS) is 15.3. The van der Waals surface area contributed by atoms with E-state index in [0.717, 1.165) is 28.4 Å². The molecule has 0 atom stereocenters. The van der Waals surface area contributed by atoms with Crippen molar-refractivity contribution in [3.05, 3.63) is 77.9 Å². The number of nitrogens with one attached hydrogen (secondary N) is 2. The molecule has 6 rings (SSSR count). The van der Waals surface area contributed by atoms with Gasteiger partial charge in [-0.05, 0) is 54.6 Å². The third-order valence-corrected chi connectivity index (χ3v) is 7.13. The molecule has 2 N–H and O–H groups in total. The Labute approximate surface area is 210 Å². The molecule has 1 aromatic heterocycles. The van der Waals surface area contributed by atoms with Crippen LogP contribution in [-0.4, -0.2) is 49.1 Å². The molecule has 0 unspecified atom stereocenters. The summed E-state index contributed by atoms with van der Waals surface area (Å²) in [5.41, 5.74) is 3.72. The highest BCUT2D eigenvalue weighted by Gasteiger charge is 2.38. The van der Waals surface area contributed by atoms with Gasteiger partial charge in [0.1, 0.15) is 0 Å². The number of ether oxygens (including phenoxy) is 1. The molecule has 1 saturated heterocycles. The van der Waals surface area contributed by atoms with E-state index in [4.69, 9.17) is 4.74 Å². The molecule has 4 aromatic rings. The molecule has 2 aliphatic heterocycles. The number of carbonyl (C=O) groups is 3. The van der Waals surface area contributed by atoms with Gasteiger partial charge in [0.2, 0.25) is 5.13 Å². The smallest absolute Gasteiger partial charge is 0.323 e. The number of carbonyl (C=O) groups excluding carboxylic acids is 3. The second-order valence-electron chi connectivity index (χ2n) is 8.40. The Morgan fingerprint density at radius 1 is 0.861 bits per heavy atom. The summed E-state index contributed by atoms with van der Waals surface area (Å²) < 4.78 is 6.13. The van der Waals surface area contributed by atoms with Crippen LogP contribution < -0.4 is 20.4 Å². The van der Waals surface area contributed by atoms with Crippen LogP contribution >= 0.6 is 11.3 Å². The van der Waals surface area contributed by atoms with Gasteiger partial charge in [-0.15, -0.1) is 0 Å². The molecular weight excluding hydrogens is 478 g/mol. The van der Waals surface area contributed by atoms with Crippen molar-refractivity contribution >= 4 is 61.6 Å². The van der Waals surface area contributed by atoms with Crippen molar-refractivity contribution in [3.63, 3.8) is 0 Å². The Kier molecular flexibility index (Phi) is 5.59. The van der Waals surface area contributed by atoms with E-state index in [-0.39, 0.29) is 17.8 Å². The maximum atomic E-state index is 12.8. The monoisotopic (exact) mass is 499 g/mol. The molecule has 10 heteroatoms. The molecular formula is C26H21N5O4S. The Hall–Kier alpha value is -4.28. The predicted octanol–water partition coefficient (Wildman–Crippen LogP) is 4.58. The number of fused-ring (bicyclic) bond motifs is 2. The molecule has 0 radical (unpaired) electrons. The number of imide groups is 1. The van der Waals surface area contributed by atoms with Crippen molar-refractivity contribution in [2.75, 3.05) is 46.7 Å². The highest BCUT2D eigenvalue weighted by Crippen LogP contribution is 2.35. The van der Waals surface area contributed by atoms with E-state index in [9.17, 15) is 14.4 Å². The molecule has 0 aliphatic carbocycles. The van der Waals surface area contributed by atoms with Crippen LogP contribution in [0, 0.1) is 0 Å². The van der Waals surface area contributed by atoms with Crippen molar-refractivity contribution in [1.29, 1.82) is 0 Å². The quantitative estimate of drug-likeness (QED) is 0.399. The van der Waals surface area contributed by atoms with Crippen LogP contribution in [0.2, 0.25) is 0 Å². The average molecular weight is 500 g/mol. The summed E-state index contributed by atoms with van der Waals surface area (Å²) >= 11 is 1.22. The van der Waals surface area contributed by atoms with E-state index in [1.807, 2.05) is 24.3 Å². The Bertz CT molecular complexity index is 1460. The summed E-state index contributed by atoms with van der Waals surface area (Å²) in [4.78, 5) is 46.0. The van der Waals surface area contributed by atoms with E-state index < -0.39 is 0 Å². The van der Waals surface area contributed by atoms with Gasteiger partial charge in [0.15, 0.2) is 0 Å². The molecule has 3 aromatic carbocycles. The lowest BCUT2D eigenvalue weighted by molar-refractivity contribution is 0.0926. The molecule has 0 spiro atoms. The van der Waals surface area contributed by atoms with Crippen LogP contribution in [-0.2, 0) is 4.74 Å². The van der Waals surface area contributed by atoms with Gasteiger partial charge in [-0.1, -0.05) is 23.5 Å². The lowest BCUT2D eigenvalue weighted by Gasteiger charge is -2.28. The first-order valence-corrected chi connectivity index (χ1v) is 12.3. The molecule has 4 amide bonds. The molecule has 180 valence electrons. The number of urea groups is 1. The highest BCUT2D eigenvalue weighted by atomic mass is 32.1. The second kappa shape index (κ2) is 9.06. The van der Waals surface area contributed by atoms with Crippen molar-refractivity contribution in [3.8, 4) is 0 Å². The molecule has 36 heavy (non-hydrogen) atoms. The minimum Gasteiger partial charge on any atom is -0.378 e. The molecule has 3 heterocycles. The lowest BCUT2D eigenvalue weighted by atomic mass is 10.1. The number of rotatable bonds is 4. The van der Waals surface area contributed by atoms with Crippen LogP contribution in [0.25, 0.3) is 10.2 Å². The molecule has 0 saturated carbocycles. The summed E-state index contributed by atoms with van der Waals surface area (Å²) in [6.45, 7) is 3.13. The Morgan fingerprint density at radius 2 is 1.50 bits per heavy atom. The topological polar surface area (TPSA) is 104 Å². The number of nitrogens with zero attached hydrogens (tertiary/aromatic N) is 3. The average Bonchev–Trinajstić information content (AvgIpc) is 3.42. The molecule has 1 fully saturated rings. The summed E-state index contributed by atoms with van der Waals surface area (Å²) in [6.07, 6.45) is 0. The standard InChI is InChI=1S/C26H21N5O4S/c32-23-19-3-1-2-4-20(19)24(33)31(23)26-29-21-10-7-17(15-22(21)36-26)28-25(34)27-16-5-8-18(9-6-16)30-11-13-35-14-12-30/h1-10,15H,11-14H2,(H2,27,28,34). The minimum atomic E-state index is -0.382. The number of hydrogen-bond acceptors (Lipinski definition) is 7. The zero-order valence-corrected chi connectivity index (χ0v) is 19.9. The number of amides is 4. The van der Waals surface area contributed by atoms with Crippen molar-refractivity contribution < 1.29 is 19.1 Å². The zero-order chi connectivity index (χ0) is 24.6. The molecule has 0 bridgehead atoms. The fourth-order valence-corrected chi connectivity index (χ4v) is 5.32. The summed E-state index contributed by atoms with van der Waals surface area (Å²) in [7, 11) is 0. The van der Waals surface area contributed by atoms with Crippen LogP contribution in [0.15, 0.2) is 66.7 Å². The first-order chi connectivity index (χ1) is 17.6. The molecule has 2 aliphatic rings. The van der Waals surface area contributed by atoms with Gasteiger partial charge in [0.25, 0.3) is 11.8 Å². The second-order valence-corrected chi connectivity index (χ2v) is 9.40. The lowest BCUT2D eigenvalue weighted by Crippen LogP contribution is -2.36.